The maximum absolute atomic E-state index is 10.4. The lowest BCUT2D eigenvalue weighted by Crippen LogP contribution is -2.62. The molecule has 2 rings (SSSR count). The molecule has 1 saturated heterocycles. The Morgan fingerprint density at radius 3 is 2.48 bits per heavy atom. The lowest BCUT2D eigenvalue weighted by Gasteiger charge is -2.51. The van der Waals surface area contributed by atoms with Gasteiger partial charge in [-0.1, -0.05) is 24.3 Å². The summed E-state index contributed by atoms with van der Waals surface area (Å²) in [6, 6.07) is 8.42. The van der Waals surface area contributed by atoms with E-state index in [1.54, 1.807) is 6.08 Å². The second-order valence-corrected chi connectivity index (χ2v) is 7.65. The minimum absolute atomic E-state index is 0.250. The van der Waals surface area contributed by atoms with Crippen LogP contribution < -0.4 is 5.32 Å². The highest BCUT2D eigenvalue weighted by Gasteiger charge is 2.44. The fourth-order valence-corrected chi connectivity index (χ4v) is 3.64. The molecule has 0 radical (unpaired) electrons. The van der Waals surface area contributed by atoms with Crippen LogP contribution in [0.3, 0.4) is 0 Å². The van der Waals surface area contributed by atoms with Gasteiger partial charge in [-0.25, -0.2) is 9.79 Å². The van der Waals surface area contributed by atoms with Gasteiger partial charge < -0.3 is 10.5 Å². The fraction of sp³-hybridized carbons (Fsp3) is 0.611. The predicted octanol–water partition coefficient (Wildman–Crippen LogP) is 3.02. The summed E-state index contributed by atoms with van der Waals surface area (Å²) >= 11 is 0. The Morgan fingerprint density at radius 1 is 1.26 bits per heavy atom. The quantitative estimate of drug-likeness (QED) is 0.647. The molecule has 1 fully saturated rings. The van der Waals surface area contributed by atoms with E-state index in [1.165, 1.54) is 10.6 Å². The zero-order valence-corrected chi connectivity index (χ0v) is 14.5. The molecular weight excluding hydrogens is 290 g/mol. The number of piperidine rings is 1. The third-order valence-corrected chi connectivity index (χ3v) is 4.55. The number of isocyanates is 1. The fourth-order valence-electron chi connectivity index (χ4n) is 3.64. The van der Waals surface area contributed by atoms with Crippen LogP contribution in [0, 0.1) is 0 Å². The topological polar surface area (TPSA) is 64.9 Å². The Balaban J connectivity index is 1.99. The van der Waals surface area contributed by atoms with Crippen molar-refractivity contribution >= 4 is 6.08 Å². The molecule has 0 amide bonds. The third kappa shape index (κ3) is 4.49. The Labute approximate surface area is 138 Å². The van der Waals surface area contributed by atoms with Gasteiger partial charge in [-0.05, 0) is 51.7 Å². The van der Waals surface area contributed by atoms with Gasteiger partial charge >= 0.3 is 0 Å². The van der Waals surface area contributed by atoms with E-state index in [2.05, 4.69) is 50.1 Å². The number of benzene rings is 1. The molecule has 23 heavy (non-hydrogen) atoms. The van der Waals surface area contributed by atoms with Crippen LogP contribution in [0.5, 0.6) is 0 Å². The summed E-state index contributed by atoms with van der Waals surface area (Å²) < 4.78 is 0. The first kappa shape index (κ1) is 17.8. The summed E-state index contributed by atoms with van der Waals surface area (Å²) in [5.74, 6) is 0. The number of aliphatic imine (C=N–C) groups is 1. The van der Waals surface area contributed by atoms with Crippen LogP contribution in [0.25, 0.3) is 0 Å². The van der Waals surface area contributed by atoms with E-state index in [1.807, 2.05) is 12.1 Å². The summed E-state index contributed by atoms with van der Waals surface area (Å²) in [7, 11) is 0. The Hall–Kier alpha value is -1.52. The molecule has 0 saturated carbocycles. The zero-order valence-electron chi connectivity index (χ0n) is 14.5. The van der Waals surface area contributed by atoms with Crippen LogP contribution in [0.2, 0.25) is 0 Å². The first-order valence-electron chi connectivity index (χ1n) is 8.09. The van der Waals surface area contributed by atoms with Crippen LogP contribution in [0.4, 0.5) is 0 Å². The maximum atomic E-state index is 10.4. The normalized spacial score (nSPS) is 20.9. The predicted molar refractivity (Wildman–Crippen MR) is 89.9 cm³/mol. The van der Waals surface area contributed by atoms with Crippen molar-refractivity contribution in [2.24, 2.45) is 4.99 Å². The van der Waals surface area contributed by atoms with Crippen molar-refractivity contribution in [3.63, 3.8) is 0 Å². The highest BCUT2D eigenvalue weighted by molar-refractivity contribution is 5.34. The van der Waals surface area contributed by atoms with Gasteiger partial charge in [0.15, 0.2) is 0 Å². The molecule has 0 spiro atoms. The molecule has 0 aliphatic carbocycles. The van der Waals surface area contributed by atoms with Gasteiger partial charge in [0.2, 0.25) is 6.08 Å². The van der Waals surface area contributed by atoms with Crippen molar-refractivity contribution in [1.82, 2.24) is 10.4 Å². The van der Waals surface area contributed by atoms with Crippen molar-refractivity contribution in [2.45, 2.75) is 70.7 Å². The molecule has 0 aromatic heterocycles. The number of nitrogens with one attached hydrogen (secondary N) is 1. The van der Waals surface area contributed by atoms with Gasteiger partial charge in [0.1, 0.15) is 0 Å². The minimum atomic E-state index is -0.250. The van der Waals surface area contributed by atoms with E-state index in [0.29, 0.717) is 12.6 Å². The van der Waals surface area contributed by atoms with Crippen LogP contribution in [0.15, 0.2) is 29.3 Å². The number of carbonyl (C=O) groups excluding carboxylic acids is 1. The average Bonchev–Trinajstić information content (AvgIpc) is 2.48. The molecule has 0 bridgehead atoms. The number of hydroxylamine groups is 2. The average molecular weight is 317 g/mol. The molecule has 0 atom stereocenters. The molecule has 1 aliphatic rings. The van der Waals surface area contributed by atoms with E-state index in [4.69, 9.17) is 0 Å². The standard InChI is InChI=1S/C18H27N3O2/c1-17(2)9-16(10-18(3,4)21(17)23)20-12-15-7-5-6-14(8-15)11-19-13-22/h5-8,16,20,23H,9-12H2,1-4H3. The highest BCUT2D eigenvalue weighted by atomic mass is 16.5. The zero-order chi connectivity index (χ0) is 17.1. The first-order chi connectivity index (χ1) is 10.7. The van der Waals surface area contributed by atoms with Gasteiger partial charge in [0, 0.05) is 23.7 Å². The van der Waals surface area contributed by atoms with Crippen molar-refractivity contribution in [3.05, 3.63) is 35.4 Å². The van der Waals surface area contributed by atoms with Crippen LogP contribution in [-0.4, -0.2) is 33.5 Å². The van der Waals surface area contributed by atoms with Gasteiger partial charge in [-0.2, -0.15) is 5.06 Å². The SMILES string of the molecule is CC1(C)CC(NCc2cccc(CN=C=O)c2)CC(C)(C)N1O. The molecule has 1 aromatic carbocycles. The Bertz CT molecular complexity index is 574. The van der Waals surface area contributed by atoms with Gasteiger partial charge in [-0.15, -0.1) is 0 Å². The summed E-state index contributed by atoms with van der Waals surface area (Å²) in [5.41, 5.74) is 1.68. The van der Waals surface area contributed by atoms with E-state index >= 15 is 0 Å². The Morgan fingerprint density at radius 2 is 1.87 bits per heavy atom. The largest absolute Gasteiger partial charge is 0.313 e. The van der Waals surface area contributed by atoms with Crippen molar-refractivity contribution in [3.8, 4) is 0 Å². The van der Waals surface area contributed by atoms with Crippen molar-refractivity contribution < 1.29 is 10.0 Å². The van der Waals surface area contributed by atoms with E-state index in [0.717, 1.165) is 24.9 Å². The molecule has 0 unspecified atom stereocenters. The van der Waals surface area contributed by atoms with Crippen molar-refractivity contribution in [1.29, 1.82) is 0 Å². The molecule has 2 N–H and O–H groups in total. The van der Waals surface area contributed by atoms with E-state index in [9.17, 15) is 10.0 Å². The lowest BCUT2D eigenvalue weighted by atomic mass is 9.79. The highest BCUT2D eigenvalue weighted by Crippen LogP contribution is 2.36. The molecule has 126 valence electrons. The smallest absolute Gasteiger partial charge is 0.235 e. The van der Waals surface area contributed by atoms with Gasteiger partial charge in [-0.3, -0.25) is 0 Å². The van der Waals surface area contributed by atoms with E-state index in [-0.39, 0.29) is 11.1 Å². The maximum Gasteiger partial charge on any atom is 0.235 e. The second-order valence-electron chi connectivity index (χ2n) is 7.65. The Kier molecular flexibility index (Phi) is 5.37. The summed E-state index contributed by atoms with van der Waals surface area (Å²) in [4.78, 5) is 13.8. The van der Waals surface area contributed by atoms with Crippen molar-refractivity contribution in [2.75, 3.05) is 0 Å². The first-order valence-corrected chi connectivity index (χ1v) is 8.09. The number of hydrogen-bond acceptors (Lipinski definition) is 5. The summed E-state index contributed by atoms with van der Waals surface area (Å²) in [6.07, 6.45) is 3.35. The van der Waals surface area contributed by atoms with Crippen LogP contribution in [0.1, 0.15) is 51.7 Å². The van der Waals surface area contributed by atoms with Crippen LogP contribution >= 0.6 is 0 Å². The molecule has 1 aliphatic heterocycles. The molecule has 5 nitrogen and oxygen atoms in total. The van der Waals surface area contributed by atoms with Gasteiger partial charge in [0.25, 0.3) is 0 Å². The van der Waals surface area contributed by atoms with E-state index < -0.39 is 0 Å². The molecular formula is C18H27N3O2. The number of hydrogen-bond donors (Lipinski definition) is 2. The molecule has 5 heteroatoms. The molecule has 1 aromatic rings. The minimum Gasteiger partial charge on any atom is -0.313 e. The summed E-state index contributed by atoms with van der Waals surface area (Å²) in [5, 5.41) is 15.5. The third-order valence-electron chi connectivity index (χ3n) is 4.55. The van der Waals surface area contributed by atoms with Gasteiger partial charge in [0.05, 0.1) is 6.54 Å². The monoisotopic (exact) mass is 317 g/mol. The van der Waals surface area contributed by atoms with Crippen LogP contribution in [-0.2, 0) is 17.9 Å². The summed E-state index contributed by atoms with van der Waals surface area (Å²) in [6.45, 7) is 9.42. The number of nitrogens with zero attached hydrogens (tertiary/aromatic N) is 2. The lowest BCUT2D eigenvalue weighted by molar-refractivity contribution is -0.246. The number of rotatable bonds is 5. The molecule has 1 heterocycles. The second kappa shape index (κ2) is 6.93.